The van der Waals surface area contributed by atoms with E-state index in [0.29, 0.717) is 5.71 Å². The summed E-state index contributed by atoms with van der Waals surface area (Å²) in [6.07, 6.45) is 7.07. The van der Waals surface area contributed by atoms with Crippen LogP contribution in [0, 0.1) is 6.92 Å². The van der Waals surface area contributed by atoms with E-state index in [1.807, 2.05) is 19.1 Å². The summed E-state index contributed by atoms with van der Waals surface area (Å²) in [5.41, 5.74) is 1.65. The van der Waals surface area contributed by atoms with Crippen LogP contribution in [0.1, 0.15) is 38.7 Å². The minimum Gasteiger partial charge on any atom is -0.200 e. The maximum atomic E-state index is 12.0. The van der Waals surface area contributed by atoms with Gasteiger partial charge in [-0.2, -0.15) is 18.4 Å². The van der Waals surface area contributed by atoms with Gasteiger partial charge in [0.2, 0.25) is 0 Å². The standard InChI is InChI=1S/C15H22N2O2S/c1-4-5-6-7-8-14(3)16-17-20(18,19)15-11-9-13(2)10-12-15/h7-12,17H,4-6H2,1-3H3/b8-7+,16-14+. The molecule has 0 amide bonds. The van der Waals surface area contributed by atoms with Gasteiger partial charge in [0.25, 0.3) is 10.0 Å². The predicted molar refractivity (Wildman–Crippen MR) is 83.3 cm³/mol. The Morgan fingerprint density at radius 2 is 1.95 bits per heavy atom. The molecule has 4 nitrogen and oxygen atoms in total. The fourth-order valence-electron chi connectivity index (χ4n) is 1.52. The molecule has 0 aliphatic rings. The van der Waals surface area contributed by atoms with Crippen LogP contribution in [-0.4, -0.2) is 14.1 Å². The lowest BCUT2D eigenvalue weighted by molar-refractivity contribution is 0.584. The van der Waals surface area contributed by atoms with E-state index in [9.17, 15) is 8.42 Å². The van der Waals surface area contributed by atoms with E-state index in [4.69, 9.17) is 0 Å². The SMILES string of the molecule is CCCC/C=C/C(C)=N/NS(=O)(=O)c1ccc(C)cc1. The normalized spacial score (nSPS) is 12.8. The second kappa shape index (κ2) is 7.85. The lowest BCUT2D eigenvalue weighted by atomic mass is 10.2. The summed E-state index contributed by atoms with van der Waals surface area (Å²) in [4.78, 5) is 2.46. The van der Waals surface area contributed by atoms with Crippen molar-refractivity contribution in [3.05, 3.63) is 42.0 Å². The van der Waals surface area contributed by atoms with Crippen molar-refractivity contribution < 1.29 is 8.42 Å². The van der Waals surface area contributed by atoms with E-state index < -0.39 is 10.0 Å². The highest BCUT2D eigenvalue weighted by Gasteiger charge is 2.11. The van der Waals surface area contributed by atoms with Crippen molar-refractivity contribution in [2.24, 2.45) is 5.10 Å². The van der Waals surface area contributed by atoms with Crippen molar-refractivity contribution in [1.82, 2.24) is 4.83 Å². The Morgan fingerprint density at radius 3 is 2.55 bits per heavy atom. The number of hydrogen-bond acceptors (Lipinski definition) is 3. The number of allylic oxidation sites excluding steroid dienone is 2. The molecule has 20 heavy (non-hydrogen) atoms. The molecule has 0 unspecified atom stereocenters. The van der Waals surface area contributed by atoms with Crippen LogP contribution in [0.3, 0.4) is 0 Å². The molecule has 0 saturated heterocycles. The van der Waals surface area contributed by atoms with Crippen LogP contribution in [0.25, 0.3) is 0 Å². The van der Waals surface area contributed by atoms with E-state index in [0.717, 1.165) is 24.8 Å². The fraction of sp³-hybridized carbons (Fsp3) is 0.400. The zero-order valence-corrected chi connectivity index (χ0v) is 13.1. The maximum Gasteiger partial charge on any atom is 0.276 e. The zero-order chi connectivity index (χ0) is 15.0. The second-order valence-electron chi connectivity index (χ2n) is 4.71. The first-order chi connectivity index (χ1) is 9.45. The Bertz CT molecular complexity index is 572. The molecular formula is C15H22N2O2S. The molecular weight excluding hydrogens is 272 g/mol. The van der Waals surface area contributed by atoms with Gasteiger partial charge in [-0.05, 0) is 38.5 Å². The monoisotopic (exact) mass is 294 g/mol. The highest BCUT2D eigenvalue weighted by Crippen LogP contribution is 2.09. The lowest BCUT2D eigenvalue weighted by Gasteiger charge is -2.04. The smallest absolute Gasteiger partial charge is 0.200 e. The minimum atomic E-state index is -3.58. The van der Waals surface area contributed by atoms with Gasteiger partial charge in [0.1, 0.15) is 0 Å². The first kappa shape index (κ1) is 16.4. The van der Waals surface area contributed by atoms with E-state index in [2.05, 4.69) is 16.9 Å². The van der Waals surface area contributed by atoms with Gasteiger partial charge in [0.15, 0.2) is 0 Å². The summed E-state index contributed by atoms with van der Waals surface area (Å²) < 4.78 is 24.0. The molecule has 1 aromatic rings. The number of aryl methyl sites for hydroxylation is 1. The first-order valence-corrected chi connectivity index (χ1v) is 8.23. The molecule has 1 N–H and O–H groups in total. The van der Waals surface area contributed by atoms with Gasteiger partial charge in [-0.3, -0.25) is 0 Å². The van der Waals surface area contributed by atoms with Gasteiger partial charge in [0, 0.05) is 0 Å². The van der Waals surface area contributed by atoms with Gasteiger partial charge >= 0.3 is 0 Å². The van der Waals surface area contributed by atoms with Gasteiger partial charge in [-0.25, -0.2) is 0 Å². The highest BCUT2D eigenvalue weighted by atomic mass is 32.2. The topological polar surface area (TPSA) is 58.5 Å². The lowest BCUT2D eigenvalue weighted by Crippen LogP contribution is -2.19. The summed E-state index contributed by atoms with van der Waals surface area (Å²) in [5, 5.41) is 3.88. The molecule has 0 fully saturated rings. The van der Waals surface area contributed by atoms with E-state index >= 15 is 0 Å². The number of sulfonamides is 1. The van der Waals surface area contributed by atoms with Crippen molar-refractivity contribution in [3.8, 4) is 0 Å². The zero-order valence-electron chi connectivity index (χ0n) is 12.3. The number of benzene rings is 1. The molecule has 0 aliphatic heterocycles. The molecule has 0 bridgehead atoms. The van der Waals surface area contributed by atoms with Gasteiger partial charge in [-0.15, -0.1) is 0 Å². The fourth-order valence-corrected chi connectivity index (χ4v) is 2.38. The molecule has 0 saturated carbocycles. The molecule has 0 atom stereocenters. The molecule has 0 aromatic heterocycles. The van der Waals surface area contributed by atoms with Crippen molar-refractivity contribution in [2.45, 2.75) is 44.9 Å². The van der Waals surface area contributed by atoms with Crippen LogP contribution in [0.2, 0.25) is 0 Å². The van der Waals surface area contributed by atoms with Gasteiger partial charge in [0.05, 0.1) is 10.6 Å². The minimum absolute atomic E-state index is 0.217. The largest absolute Gasteiger partial charge is 0.276 e. The van der Waals surface area contributed by atoms with Crippen molar-refractivity contribution >= 4 is 15.7 Å². The number of hydrogen-bond donors (Lipinski definition) is 1. The molecule has 0 radical (unpaired) electrons. The Labute approximate surface area is 121 Å². The van der Waals surface area contributed by atoms with Crippen LogP contribution in [0.5, 0.6) is 0 Å². The predicted octanol–water partition coefficient (Wildman–Crippen LogP) is 3.40. The third kappa shape index (κ3) is 5.57. The Morgan fingerprint density at radius 1 is 1.30 bits per heavy atom. The molecule has 0 aliphatic carbocycles. The number of hydrazone groups is 1. The number of nitrogens with zero attached hydrogens (tertiary/aromatic N) is 1. The summed E-state index contributed by atoms with van der Waals surface area (Å²) in [6.45, 7) is 5.80. The summed E-state index contributed by atoms with van der Waals surface area (Å²) in [6, 6.07) is 6.66. The number of unbranched alkanes of at least 4 members (excludes halogenated alkanes) is 2. The Balaban J connectivity index is 2.67. The molecule has 5 heteroatoms. The Hall–Kier alpha value is -1.62. The first-order valence-electron chi connectivity index (χ1n) is 6.75. The third-order valence-electron chi connectivity index (χ3n) is 2.76. The number of nitrogens with one attached hydrogen (secondary N) is 1. The van der Waals surface area contributed by atoms with Crippen LogP contribution >= 0.6 is 0 Å². The third-order valence-corrected chi connectivity index (χ3v) is 3.98. The molecule has 1 rings (SSSR count). The average Bonchev–Trinajstić information content (AvgIpc) is 2.42. The van der Waals surface area contributed by atoms with Crippen LogP contribution in [0.4, 0.5) is 0 Å². The molecule has 1 aromatic carbocycles. The summed E-state index contributed by atoms with van der Waals surface area (Å²) in [7, 11) is -3.58. The second-order valence-corrected chi connectivity index (χ2v) is 6.37. The molecule has 0 heterocycles. The van der Waals surface area contributed by atoms with Crippen LogP contribution in [0.15, 0.2) is 46.4 Å². The average molecular weight is 294 g/mol. The van der Waals surface area contributed by atoms with E-state index in [1.165, 1.54) is 0 Å². The van der Waals surface area contributed by atoms with Crippen molar-refractivity contribution in [1.29, 1.82) is 0 Å². The quantitative estimate of drug-likeness (QED) is 0.476. The molecule has 110 valence electrons. The van der Waals surface area contributed by atoms with E-state index in [-0.39, 0.29) is 4.90 Å². The maximum absolute atomic E-state index is 12.0. The summed E-state index contributed by atoms with van der Waals surface area (Å²) >= 11 is 0. The van der Waals surface area contributed by atoms with Gasteiger partial charge in [-0.1, -0.05) is 43.5 Å². The van der Waals surface area contributed by atoms with Crippen LogP contribution < -0.4 is 4.83 Å². The van der Waals surface area contributed by atoms with E-state index in [1.54, 1.807) is 31.2 Å². The van der Waals surface area contributed by atoms with Crippen LogP contribution in [-0.2, 0) is 10.0 Å². The molecule has 0 spiro atoms. The van der Waals surface area contributed by atoms with Crippen molar-refractivity contribution in [3.63, 3.8) is 0 Å². The number of rotatable bonds is 7. The Kier molecular flexibility index (Phi) is 6.45. The summed E-state index contributed by atoms with van der Waals surface area (Å²) in [5.74, 6) is 0. The highest BCUT2D eigenvalue weighted by molar-refractivity contribution is 7.89. The van der Waals surface area contributed by atoms with Gasteiger partial charge < -0.3 is 0 Å². The van der Waals surface area contributed by atoms with Crippen molar-refractivity contribution in [2.75, 3.05) is 0 Å².